The van der Waals surface area contributed by atoms with Crippen LogP contribution >= 0.6 is 0 Å². The summed E-state index contributed by atoms with van der Waals surface area (Å²) in [4.78, 5) is 64.7. The lowest BCUT2D eigenvalue weighted by Crippen LogP contribution is -2.31. The molecule has 1 rings (SSSR count). The smallest absolute Gasteiger partial charge is 0.466 e. The minimum Gasteiger partial charge on any atom is -0.466 e. The molecule has 68 heavy (non-hydrogen) atoms. The van der Waals surface area contributed by atoms with E-state index < -0.39 is 24.1 Å². The number of nitrogens with one attached hydrogen (secondary N) is 1. The summed E-state index contributed by atoms with van der Waals surface area (Å²) >= 11 is 0. The van der Waals surface area contributed by atoms with Gasteiger partial charge in [0.05, 0.1) is 19.1 Å². The number of carbonyl (C=O) groups is 5. The molecule has 1 N–H and O–H groups in total. The van der Waals surface area contributed by atoms with Crippen LogP contribution in [-0.2, 0) is 42.8 Å². The van der Waals surface area contributed by atoms with Crippen molar-refractivity contribution in [3.05, 3.63) is 0 Å². The summed E-state index contributed by atoms with van der Waals surface area (Å²) in [7, 11) is 0. The van der Waals surface area contributed by atoms with Crippen LogP contribution in [-0.4, -0.2) is 100 Å². The molecule has 1 atom stereocenters. The van der Waals surface area contributed by atoms with E-state index in [2.05, 4.69) is 31.0 Å². The lowest BCUT2D eigenvalue weighted by Gasteiger charge is -2.18. The zero-order chi connectivity index (χ0) is 49.4. The Morgan fingerprint density at radius 2 is 0.882 bits per heavy atom. The van der Waals surface area contributed by atoms with Gasteiger partial charge in [-0.05, 0) is 90.1 Å². The number of nitrogens with zero attached hydrogens (tertiary/aromatic N) is 1. The van der Waals surface area contributed by atoms with E-state index in [1.165, 1.54) is 116 Å². The first kappa shape index (κ1) is 62.9. The van der Waals surface area contributed by atoms with Crippen LogP contribution in [0.2, 0.25) is 0 Å². The van der Waals surface area contributed by atoms with E-state index in [-0.39, 0.29) is 50.9 Å². The number of carbonyl (C=O) groups excluding carboxylic acids is 5. The van der Waals surface area contributed by atoms with Gasteiger partial charge in [0.2, 0.25) is 0 Å². The first-order valence-electron chi connectivity index (χ1n) is 28.2. The van der Waals surface area contributed by atoms with E-state index in [9.17, 15) is 24.0 Å². The highest BCUT2D eigenvalue weighted by Gasteiger charge is 2.19. The van der Waals surface area contributed by atoms with E-state index >= 15 is 0 Å². The molecule has 0 bridgehead atoms. The highest BCUT2D eigenvalue weighted by molar-refractivity contribution is 5.70. The Morgan fingerprint density at radius 1 is 0.441 bits per heavy atom. The molecule has 0 aromatic heterocycles. The van der Waals surface area contributed by atoms with Gasteiger partial charge in [-0.3, -0.25) is 14.4 Å². The molecule has 1 fully saturated rings. The molecule has 0 saturated carbocycles. The van der Waals surface area contributed by atoms with Gasteiger partial charge in [-0.1, -0.05) is 156 Å². The van der Waals surface area contributed by atoms with Gasteiger partial charge in [-0.25, -0.2) is 9.59 Å². The summed E-state index contributed by atoms with van der Waals surface area (Å²) in [6.45, 7) is 10.5. The van der Waals surface area contributed by atoms with Crippen LogP contribution in [0.1, 0.15) is 252 Å². The predicted molar refractivity (Wildman–Crippen MR) is 272 cm³/mol. The fraction of sp³-hybridized carbons (Fsp3) is 0.909. The zero-order valence-electron chi connectivity index (χ0n) is 43.9. The normalized spacial score (nSPS) is 13.1. The number of likely N-dealkylation sites (tertiary alicyclic amines) is 1. The molecular formula is C55H102N2O11. The van der Waals surface area contributed by atoms with Gasteiger partial charge >= 0.3 is 30.2 Å². The number of rotatable bonds is 48. The molecule has 0 aromatic rings. The van der Waals surface area contributed by atoms with Crippen molar-refractivity contribution in [1.82, 2.24) is 10.2 Å². The monoisotopic (exact) mass is 967 g/mol. The number of amides is 1. The van der Waals surface area contributed by atoms with Crippen molar-refractivity contribution >= 4 is 30.2 Å². The number of hydrogen-bond acceptors (Lipinski definition) is 12. The highest BCUT2D eigenvalue weighted by Crippen LogP contribution is 2.19. The quantitative estimate of drug-likeness (QED) is 0.0350. The molecule has 1 aliphatic heterocycles. The van der Waals surface area contributed by atoms with Gasteiger partial charge in [-0.15, -0.1) is 0 Å². The number of alkyl carbamates (subject to hydrolysis) is 1. The second kappa shape index (κ2) is 47.6. The molecule has 13 heteroatoms. The van der Waals surface area contributed by atoms with Crippen molar-refractivity contribution in [3.63, 3.8) is 0 Å². The van der Waals surface area contributed by atoms with E-state index in [4.69, 9.17) is 28.4 Å². The minimum absolute atomic E-state index is 0.0411. The number of ether oxygens (including phenoxy) is 6. The van der Waals surface area contributed by atoms with Gasteiger partial charge in [0.1, 0.15) is 25.9 Å². The van der Waals surface area contributed by atoms with Crippen molar-refractivity contribution in [2.24, 2.45) is 5.92 Å². The van der Waals surface area contributed by atoms with Crippen molar-refractivity contribution in [1.29, 1.82) is 0 Å². The molecule has 0 aromatic carbocycles. The number of unbranched alkanes of at least 4 members (excludes halogenated alkanes) is 23. The molecular weight excluding hydrogens is 865 g/mol. The molecule has 1 aliphatic rings. The average Bonchev–Trinajstić information content (AvgIpc) is 3.86. The van der Waals surface area contributed by atoms with E-state index in [1.54, 1.807) is 0 Å². The molecule has 0 aliphatic carbocycles. The number of hydrogen-bond donors (Lipinski definition) is 1. The van der Waals surface area contributed by atoms with E-state index in [0.717, 1.165) is 90.3 Å². The minimum atomic E-state index is -0.809. The Morgan fingerprint density at radius 3 is 1.47 bits per heavy atom. The molecule has 398 valence electrons. The summed E-state index contributed by atoms with van der Waals surface area (Å²) in [5.74, 6) is -1.26. The number of esters is 3. The van der Waals surface area contributed by atoms with Gasteiger partial charge in [-0.2, -0.15) is 0 Å². The van der Waals surface area contributed by atoms with Crippen LogP contribution in [0.3, 0.4) is 0 Å². The zero-order valence-corrected chi connectivity index (χ0v) is 43.9. The molecule has 1 amide bonds. The summed E-state index contributed by atoms with van der Waals surface area (Å²) in [6.07, 6.45) is 35.3. The fourth-order valence-electron chi connectivity index (χ4n) is 8.49. The summed E-state index contributed by atoms with van der Waals surface area (Å²) in [5.41, 5.74) is 0. The maximum atomic E-state index is 12.8. The van der Waals surface area contributed by atoms with Crippen molar-refractivity contribution in [3.8, 4) is 0 Å². The Hall–Kier alpha value is -3.09. The fourth-order valence-corrected chi connectivity index (χ4v) is 8.49. The molecule has 0 spiro atoms. The van der Waals surface area contributed by atoms with Gasteiger partial charge in [0.15, 0.2) is 0 Å². The van der Waals surface area contributed by atoms with Crippen LogP contribution in [0.15, 0.2) is 0 Å². The SMILES string of the molecule is CCCCCCCCCCOC(=O)CCCCCC(=O)OCC(COC(=O)NCCCCCCCC(=O)OC(CCCCCCCC)CCCCCCCC)COC(=O)OCCCN1CCCC1. The summed E-state index contributed by atoms with van der Waals surface area (Å²) < 4.78 is 32.9. The maximum absolute atomic E-state index is 12.8. The average molecular weight is 967 g/mol. The van der Waals surface area contributed by atoms with Gasteiger partial charge in [0.25, 0.3) is 0 Å². The molecule has 1 unspecified atom stereocenters. The highest BCUT2D eigenvalue weighted by atomic mass is 16.7. The third-order valence-corrected chi connectivity index (χ3v) is 12.8. The Labute approximate surface area is 414 Å². The van der Waals surface area contributed by atoms with Crippen LogP contribution < -0.4 is 5.32 Å². The summed E-state index contributed by atoms with van der Waals surface area (Å²) in [5, 5.41) is 2.78. The maximum Gasteiger partial charge on any atom is 0.508 e. The molecule has 0 radical (unpaired) electrons. The van der Waals surface area contributed by atoms with E-state index in [0.29, 0.717) is 51.7 Å². The van der Waals surface area contributed by atoms with Gasteiger partial charge < -0.3 is 38.6 Å². The second-order valence-electron chi connectivity index (χ2n) is 19.4. The van der Waals surface area contributed by atoms with Gasteiger partial charge in [0, 0.05) is 32.4 Å². The largest absolute Gasteiger partial charge is 0.508 e. The Bertz CT molecular complexity index is 1200. The van der Waals surface area contributed by atoms with Crippen LogP contribution in [0.4, 0.5) is 9.59 Å². The first-order valence-corrected chi connectivity index (χ1v) is 28.2. The van der Waals surface area contributed by atoms with Crippen molar-refractivity contribution in [2.45, 2.75) is 258 Å². The first-order chi connectivity index (χ1) is 33.3. The van der Waals surface area contributed by atoms with E-state index in [1.807, 2.05) is 0 Å². The predicted octanol–water partition coefficient (Wildman–Crippen LogP) is 13.9. The Kier molecular flexibility index (Phi) is 44.0. The molecule has 13 nitrogen and oxygen atoms in total. The third kappa shape index (κ3) is 41.8. The third-order valence-electron chi connectivity index (χ3n) is 12.8. The molecule has 1 saturated heterocycles. The van der Waals surface area contributed by atoms with Crippen LogP contribution in [0.5, 0.6) is 0 Å². The lowest BCUT2D eigenvalue weighted by molar-refractivity contribution is -0.150. The second-order valence-corrected chi connectivity index (χ2v) is 19.4. The molecule has 1 heterocycles. The lowest BCUT2D eigenvalue weighted by atomic mass is 10.0. The standard InChI is InChI=1S/C55H102N2O11/c1-4-7-10-13-16-17-23-33-44-63-51(58)37-28-24-29-38-52(59)65-46-49(48-67-55(62)64-45-34-43-57-41-31-32-42-57)47-66-54(61)56-40-30-22-18-21-27-39-53(60)68-50(35-25-19-14-11-8-5-2)36-26-20-15-12-9-6-3/h49-50H,4-48H2,1-3H3,(H,56,61). The van der Waals surface area contributed by atoms with Crippen LogP contribution in [0.25, 0.3) is 0 Å². The van der Waals surface area contributed by atoms with Crippen LogP contribution in [0, 0.1) is 5.92 Å². The Balaban J connectivity index is 2.35. The topological polar surface area (TPSA) is 156 Å². The summed E-state index contributed by atoms with van der Waals surface area (Å²) in [6, 6.07) is 0. The van der Waals surface area contributed by atoms with Crippen molar-refractivity contribution < 1.29 is 52.4 Å². The van der Waals surface area contributed by atoms with Crippen molar-refractivity contribution in [2.75, 3.05) is 59.2 Å².